The minimum absolute atomic E-state index is 0.00627. The first-order chi connectivity index (χ1) is 51.4. The van der Waals surface area contributed by atoms with E-state index >= 15 is 19.2 Å². The van der Waals surface area contributed by atoms with Gasteiger partial charge in [0.05, 0.1) is 43.9 Å². The Labute approximate surface area is 645 Å². The fraction of sp³-hybridized carbons (Fsp3) is 0.658. The predicted octanol–water partition coefficient (Wildman–Crippen LogP) is -3.16. The van der Waals surface area contributed by atoms with Crippen LogP contribution in [0.25, 0.3) is 0 Å². The van der Waals surface area contributed by atoms with Gasteiger partial charge in [-0.05, 0) is 96.8 Å². The van der Waals surface area contributed by atoms with Crippen molar-refractivity contribution in [3.05, 3.63) is 65.4 Å². The number of benzene rings is 1. The van der Waals surface area contributed by atoms with Crippen molar-refractivity contribution < 1.29 is 112 Å². The van der Waals surface area contributed by atoms with Gasteiger partial charge in [-0.2, -0.15) is 0 Å². The van der Waals surface area contributed by atoms with Gasteiger partial charge in [0.1, 0.15) is 89.8 Å². The van der Waals surface area contributed by atoms with E-state index < -0.39 is 247 Å². The number of allylic oxidation sites excluding steroid dienone is 4. The van der Waals surface area contributed by atoms with Gasteiger partial charge < -0.3 is 118 Å². The molecule has 3 saturated heterocycles. The van der Waals surface area contributed by atoms with Crippen molar-refractivity contribution in [1.82, 2.24) is 57.7 Å². The molecule has 36 nitrogen and oxygen atoms in total. The zero-order valence-corrected chi connectivity index (χ0v) is 66.1. The molecule has 4 unspecified atom stereocenters. The number of carbonyl (C=O) groups is 13. The average Bonchev–Trinajstić information content (AvgIpc) is 0.761. The first-order valence-corrected chi connectivity index (χ1v) is 36.9. The van der Waals surface area contributed by atoms with Crippen LogP contribution >= 0.6 is 11.6 Å². The number of halogens is 1. The number of hydrogen-bond donors (Lipinski definition) is 16. The molecule has 37 heteroatoms. The van der Waals surface area contributed by atoms with E-state index in [1.807, 2.05) is 26.8 Å². The molecule has 0 bridgehead atoms. The number of rotatable bonds is 28. The Bertz CT molecular complexity index is 3510. The molecule has 18 N–H and O–H groups in total. The molecule has 3 fully saturated rings. The zero-order valence-electron chi connectivity index (χ0n) is 65.4. The van der Waals surface area contributed by atoms with Crippen molar-refractivity contribution in [3.8, 4) is 5.75 Å². The number of aliphatic hydroxyl groups excluding tert-OH is 5. The summed E-state index contributed by atoms with van der Waals surface area (Å²) in [7, 11) is 3.47. The second-order valence-electron chi connectivity index (χ2n) is 28.9. The number of nitrogens with one attached hydrogen (secondary N) is 9. The third kappa shape index (κ3) is 25.1. The normalized spacial score (nSPS) is 28.2. The minimum atomic E-state index is -2.22. The Morgan fingerprint density at radius 3 is 2.03 bits per heavy atom. The summed E-state index contributed by atoms with van der Waals surface area (Å²) in [6.45, 7) is 18.2. The topological polar surface area (TPSA) is 536 Å². The molecule has 12 amide bonds. The first kappa shape index (κ1) is 93.7. The Kier molecular flexibility index (Phi) is 36.3. The lowest BCUT2D eigenvalue weighted by Gasteiger charge is -2.47. The molecule has 3 aliphatic heterocycles. The van der Waals surface area contributed by atoms with E-state index in [1.54, 1.807) is 6.08 Å². The molecule has 0 aromatic heterocycles. The van der Waals surface area contributed by atoms with Crippen LogP contribution in [0.3, 0.4) is 0 Å². The van der Waals surface area contributed by atoms with Crippen LogP contribution in [0.1, 0.15) is 128 Å². The number of alkyl halides is 1. The number of cyclic esters (lactones) is 1. The van der Waals surface area contributed by atoms with Gasteiger partial charge in [-0.3, -0.25) is 57.5 Å². The number of amides is 12. The summed E-state index contributed by atoms with van der Waals surface area (Å²) in [5.74, 6) is -18.4. The minimum Gasteiger partial charge on any atom is -0.462 e. The molecular weight excluding hydrogens is 1460 g/mol. The van der Waals surface area contributed by atoms with Crippen LogP contribution in [-0.4, -0.2) is 268 Å². The van der Waals surface area contributed by atoms with Gasteiger partial charge in [0.2, 0.25) is 71.3 Å². The third-order valence-corrected chi connectivity index (χ3v) is 20.1. The smallest absolute Gasteiger partial charge is 0.332 e. The first-order valence-electron chi connectivity index (χ1n) is 36.4. The predicted molar refractivity (Wildman–Crippen MR) is 397 cm³/mol. The molecular formula is C73H114ClN13O23. The van der Waals surface area contributed by atoms with Crippen molar-refractivity contribution in [2.75, 3.05) is 47.5 Å². The van der Waals surface area contributed by atoms with E-state index in [2.05, 4.69) is 47.9 Å². The van der Waals surface area contributed by atoms with Gasteiger partial charge in [0.15, 0.2) is 0 Å². The molecule has 3 aliphatic rings. The Morgan fingerprint density at radius 1 is 0.827 bits per heavy atom. The summed E-state index contributed by atoms with van der Waals surface area (Å²) in [6, 6.07) is -8.71. The summed E-state index contributed by atoms with van der Waals surface area (Å²) < 4.78 is 29.1. The summed E-state index contributed by atoms with van der Waals surface area (Å²) in [5.41, 5.74) is 10.5. The second kappa shape index (κ2) is 42.6. The zero-order chi connectivity index (χ0) is 83.3. The van der Waals surface area contributed by atoms with Crippen LogP contribution in [0.4, 0.5) is 0 Å². The van der Waals surface area contributed by atoms with E-state index in [1.165, 1.54) is 120 Å². The number of nitrogens with two attached hydrogens (primary N) is 2. The maximum absolute atomic E-state index is 15.9. The fourth-order valence-corrected chi connectivity index (χ4v) is 12.9. The lowest BCUT2D eigenvalue weighted by atomic mass is 9.86. The van der Waals surface area contributed by atoms with E-state index in [4.69, 9.17) is 46.8 Å². The largest absolute Gasteiger partial charge is 0.462 e. The highest BCUT2D eigenvalue weighted by molar-refractivity contribution is 6.21. The molecule has 0 radical (unpaired) electrons. The van der Waals surface area contributed by atoms with E-state index in [9.17, 15) is 68.7 Å². The highest BCUT2D eigenvalue weighted by atomic mass is 35.5. The van der Waals surface area contributed by atoms with E-state index in [-0.39, 0.29) is 30.2 Å². The quantitative estimate of drug-likeness (QED) is 0.0170. The molecule has 0 saturated carbocycles. The van der Waals surface area contributed by atoms with E-state index in [0.29, 0.717) is 0 Å². The van der Waals surface area contributed by atoms with Gasteiger partial charge >= 0.3 is 5.97 Å². The van der Waals surface area contributed by atoms with Gasteiger partial charge in [-0.25, -0.2) is 4.79 Å². The molecule has 616 valence electrons. The van der Waals surface area contributed by atoms with Gasteiger partial charge in [-0.15, -0.1) is 11.6 Å². The highest BCUT2D eigenvalue weighted by Crippen LogP contribution is 2.37. The molecule has 23 atom stereocenters. The number of hydrogen-bond acceptors (Lipinski definition) is 24. The third-order valence-electron chi connectivity index (χ3n) is 19.8. The summed E-state index contributed by atoms with van der Waals surface area (Å²) in [6.07, 6.45) is -6.87. The number of primary amides is 1. The van der Waals surface area contributed by atoms with Crippen LogP contribution in [0, 0.1) is 29.6 Å². The number of nitrogens with zero attached hydrogens (tertiary/aromatic N) is 2. The van der Waals surface area contributed by atoms with Gasteiger partial charge in [0, 0.05) is 45.1 Å². The molecule has 110 heavy (non-hydrogen) atoms. The summed E-state index contributed by atoms with van der Waals surface area (Å²) in [5, 5.41) is 74.6. The second-order valence-corrected chi connectivity index (χ2v) is 29.5. The number of carbonyl (C=O) groups excluding carboxylic acids is 13. The molecule has 4 rings (SSSR count). The Hall–Kier alpha value is -8.72. The van der Waals surface area contributed by atoms with Crippen LogP contribution < -0.4 is 64.1 Å². The number of methoxy groups -OCH3 is 2. The highest BCUT2D eigenvalue weighted by Gasteiger charge is 2.54. The van der Waals surface area contributed by atoms with Crippen molar-refractivity contribution in [1.29, 1.82) is 0 Å². The maximum Gasteiger partial charge on any atom is 0.332 e. The Morgan fingerprint density at radius 2 is 1.46 bits per heavy atom. The molecule has 0 aliphatic carbocycles. The standard InChI is InChI=1S/C73H114ClN13O23/c1-18-34(5)28-35(6)20-25-48(89)38(9)62(96)77-31-50(91)80-46(19-2)64(98)83-52(39(10)75)66(100)82-51(36(7)37(8)61(76)95)65(99)84-53-59(33(3)4)110-72(105)73(14)29-44(74)26-27-87(73)70(104)54(60(107-17)43-21-23-45(24-22-43)109-71-58(94)57(93)56(92)42(13)108-71)85-68(102)55(41(12)88)86(15)69(103)40(11)79-49(90)30-78-63(97)47(32-106-16)81-67(53)101/h19-25,28,33-34,36-42,44,47-48,51-60,71,88-89,92-94H,18,26-27,29-32,75H2,1-17H3,(H2,76,95)(H,77,96)(H,78,97)(H,79,90)(H,80,91)(H,81,101)(H,82,100)(H,83,98)(H,84,99)(H,85,102)/b25-20-,35-28+,46-19-/t34?,36-,37+,38?,39-,40-,41+,42-,44-,47+,48?,51-,52-,53+,54+,55-,56-,57+,58+,59+,60+,71?,73-/m0/s1. The monoisotopic (exact) mass is 1580 g/mol. The lowest BCUT2D eigenvalue weighted by Crippen LogP contribution is -2.68. The van der Waals surface area contributed by atoms with Crippen molar-refractivity contribution >= 4 is 88.5 Å². The van der Waals surface area contributed by atoms with Crippen LogP contribution in [-0.2, 0) is 81.3 Å². The number of esters is 1. The number of piperidine rings is 1. The fourth-order valence-electron chi connectivity index (χ4n) is 12.5. The van der Waals surface area contributed by atoms with Crippen molar-refractivity contribution in [3.63, 3.8) is 0 Å². The molecule has 1 aromatic carbocycles. The Balaban J connectivity index is 1.86. The number of aliphatic hydroxyl groups is 5. The summed E-state index contributed by atoms with van der Waals surface area (Å²) >= 11 is 6.91. The van der Waals surface area contributed by atoms with Crippen LogP contribution in [0.2, 0.25) is 0 Å². The lowest BCUT2D eigenvalue weighted by molar-refractivity contribution is -0.268. The van der Waals surface area contributed by atoms with Gasteiger partial charge in [-0.1, -0.05) is 96.9 Å². The molecule has 0 spiro atoms. The summed E-state index contributed by atoms with van der Waals surface area (Å²) in [4.78, 5) is 189. The SMILES string of the molecule is C/C=C(\NC(=O)CNC(=O)C(C)C(O)/C=C\C(C)=C\C(C)CC)C(=O)N[C@H](C(=O)N[C@H](C(=O)N[C@H]1C(=O)N[C@H](COC)C(=O)NCC(=O)N[C@@H](C)C(=O)N(C)[C@@H]([C@@H](C)O)C(=O)N[C@H]([C@H](OC)c2ccc(OC3O[C@@H](C)[C@H](O)[C@@H](O)[C@H]3O)cc2)C(=O)N2CC[C@H](Cl)C[C@@]2(C)C(=O)O[C@@H]1C(C)C)[C@@H](C)[C@@H](C)C(N)=O)[C@H](C)N. The van der Waals surface area contributed by atoms with Crippen LogP contribution in [0.5, 0.6) is 5.75 Å². The maximum atomic E-state index is 15.9. The average molecular weight is 1580 g/mol. The number of likely N-dealkylation sites (N-methyl/N-ethyl adjacent to an activating group) is 1. The van der Waals surface area contributed by atoms with Gasteiger partial charge in [0.25, 0.3) is 5.91 Å². The van der Waals surface area contributed by atoms with E-state index in [0.717, 1.165) is 36.0 Å². The molecule has 1 aromatic rings. The number of fused-ring (bicyclic) bond motifs is 1. The van der Waals surface area contributed by atoms with Crippen molar-refractivity contribution in [2.24, 2.45) is 41.1 Å². The number of ether oxygens (including phenoxy) is 5. The molecule has 3 heterocycles. The van der Waals surface area contributed by atoms with Crippen molar-refractivity contribution in [2.45, 2.75) is 231 Å². The van der Waals surface area contributed by atoms with Crippen LogP contribution in [0.15, 0.2) is 59.8 Å².